The molecule has 1 saturated heterocycles. The topological polar surface area (TPSA) is 64.7 Å². The molecule has 1 aromatic carbocycles. The van der Waals surface area contributed by atoms with E-state index in [1.54, 1.807) is 11.8 Å². The van der Waals surface area contributed by atoms with Crippen molar-refractivity contribution < 1.29 is 9.59 Å². The number of halogens is 1. The molecule has 2 aliphatic rings. The number of hydrogen-bond donors (Lipinski definition) is 2. The van der Waals surface area contributed by atoms with Crippen molar-refractivity contribution in [2.24, 2.45) is 0 Å². The van der Waals surface area contributed by atoms with Crippen LogP contribution in [0.25, 0.3) is 0 Å². The largest absolute Gasteiger partial charge is 0.368 e. The molecule has 1 aromatic rings. The summed E-state index contributed by atoms with van der Waals surface area (Å²) in [6.45, 7) is 4.53. The SMILES string of the molecule is C[C@@H](NC(=O)N1CCN(c2ccc(Cl)cc2)CC1)C(=O)NC1CCCC1. The number of rotatable bonds is 4. The van der Waals surface area contributed by atoms with Gasteiger partial charge in [-0.25, -0.2) is 4.79 Å². The van der Waals surface area contributed by atoms with Gasteiger partial charge in [0.2, 0.25) is 5.91 Å². The minimum Gasteiger partial charge on any atom is -0.368 e. The van der Waals surface area contributed by atoms with Crippen LogP contribution in [-0.2, 0) is 4.79 Å². The first kappa shape index (κ1) is 18.8. The van der Waals surface area contributed by atoms with E-state index in [9.17, 15) is 9.59 Å². The van der Waals surface area contributed by atoms with Gasteiger partial charge in [-0.05, 0) is 44.0 Å². The van der Waals surface area contributed by atoms with Crippen LogP contribution in [0.2, 0.25) is 5.02 Å². The van der Waals surface area contributed by atoms with Gasteiger partial charge >= 0.3 is 6.03 Å². The summed E-state index contributed by atoms with van der Waals surface area (Å²) in [5, 5.41) is 6.57. The van der Waals surface area contributed by atoms with Gasteiger partial charge in [-0.3, -0.25) is 4.79 Å². The van der Waals surface area contributed by atoms with Gasteiger partial charge in [-0.15, -0.1) is 0 Å². The van der Waals surface area contributed by atoms with Crippen molar-refractivity contribution in [3.05, 3.63) is 29.3 Å². The Balaban J connectivity index is 1.44. The van der Waals surface area contributed by atoms with Crippen molar-refractivity contribution >= 4 is 29.2 Å². The van der Waals surface area contributed by atoms with Gasteiger partial charge in [-0.2, -0.15) is 0 Å². The van der Waals surface area contributed by atoms with Crippen LogP contribution in [0.3, 0.4) is 0 Å². The molecule has 1 atom stereocenters. The summed E-state index contributed by atoms with van der Waals surface area (Å²) in [6.07, 6.45) is 4.42. The van der Waals surface area contributed by atoms with E-state index in [1.807, 2.05) is 24.3 Å². The van der Waals surface area contributed by atoms with Crippen molar-refractivity contribution in [1.29, 1.82) is 0 Å². The Bertz CT molecular complexity index is 623. The zero-order valence-corrected chi connectivity index (χ0v) is 16.0. The third kappa shape index (κ3) is 4.81. The first-order chi connectivity index (χ1) is 12.5. The van der Waals surface area contributed by atoms with Crippen LogP contribution in [-0.4, -0.2) is 55.1 Å². The van der Waals surface area contributed by atoms with Crippen LogP contribution >= 0.6 is 11.6 Å². The maximum atomic E-state index is 12.4. The molecule has 26 heavy (non-hydrogen) atoms. The van der Waals surface area contributed by atoms with Crippen molar-refractivity contribution in [1.82, 2.24) is 15.5 Å². The molecule has 0 aromatic heterocycles. The highest BCUT2D eigenvalue weighted by Crippen LogP contribution is 2.20. The van der Waals surface area contributed by atoms with E-state index in [0.717, 1.165) is 36.6 Å². The quantitative estimate of drug-likeness (QED) is 0.846. The maximum absolute atomic E-state index is 12.4. The Hall–Kier alpha value is -1.95. The van der Waals surface area contributed by atoms with Gasteiger partial charge in [0, 0.05) is 42.9 Å². The van der Waals surface area contributed by atoms with Crippen LogP contribution < -0.4 is 15.5 Å². The summed E-state index contributed by atoms with van der Waals surface area (Å²) >= 11 is 5.93. The fourth-order valence-corrected chi connectivity index (χ4v) is 3.68. The summed E-state index contributed by atoms with van der Waals surface area (Å²) in [5.41, 5.74) is 1.11. The Morgan fingerprint density at radius 2 is 1.69 bits per heavy atom. The molecule has 3 amide bonds. The molecule has 1 saturated carbocycles. The number of urea groups is 1. The number of carbonyl (C=O) groups is 2. The van der Waals surface area contributed by atoms with Crippen LogP contribution in [0, 0.1) is 0 Å². The van der Waals surface area contributed by atoms with E-state index in [0.29, 0.717) is 13.1 Å². The van der Waals surface area contributed by atoms with E-state index in [2.05, 4.69) is 15.5 Å². The minimum atomic E-state index is -0.516. The zero-order chi connectivity index (χ0) is 18.5. The maximum Gasteiger partial charge on any atom is 0.318 e. The van der Waals surface area contributed by atoms with E-state index in [4.69, 9.17) is 11.6 Å². The minimum absolute atomic E-state index is 0.0925. The van der Waals surface area contributed by atoms with E-state index in [1.165, 1.54) is 12.8 Å². The van der Waals surface area contributed by atoms with Gasteiger partial charge in [0.05, 0.1) is 0 Å². The molecule has 1 aliphatic carbocycles. The van der Waals surface area contributed by atoms with Crippen LogP contribution in [0.4, 0.5) is 10.5 Å². The molecule has 1 heterocycles. The number of anilines is 1. The Labute approximate surface area is 159 Å². The highest BCUT2D eigenvalue weighted by molar-refractivity contribution is 6.30. The molecular weight excluding hydrogens is 352 g/mol. The zero-order valence-electron chi connectivity index (χ0n) is 15.2. The lowest BCUT2D eigenvalue weighted by Gasteiger charge is -2.36. The Kier molecular flexibility index (Phi) is 6.25. The predicted octanol–water partition coefficient (Wildman–Crippen LogP) is 2.62. The van der Waals surface area contributed by atoms with Gasteiger partial charge < -0.3 is 20.4 Å². The molecule has 0 radical (unpaired) electrons. The number of hydrogen-bond acceptors (Lipinski definition) is 3. The summed E-state index contributed by atoms with van der Waals surface area (Å²) in [7, 11) is 0. The van der Waals surface area contributed by atoms with Crippen LogP contribution in [0.5, 0.6) is 0 Å². The standard InChI is InChI=1S/C19H27ClN4O2/c1-14(18(25)22-16-4-2-3-5-16)21-19(26)24-12-10-23(11-13-24)17-8-6-15(20)7-9-17/h6-9,14,16H,2-5,10-13H2,1H3,(H,21,26)(H,22,25)/t14-/m1/s1. The number of nitrogens with one attached hydrogen (secondary N) is 2. The fraction of sp³-hybridized carbons (Fsp3) is 0.579. The van der Waals surface area contributed by atoms with Gasteiger partial charge in [-0.1, -0.05) is 24.4 Å². The second-order valence-corrected chi connectivity index (χ2v) is 7.55. The molecule has 2 fully saturated rings. The third-order valence-corrected chi connectivity index (χ3v) is 5.45. The number of nitrogens with zero attached hydrogens (tertiary/aromatic N) is 2. The molecular formula is C19H27ClN4O2. The first-order valence-electron chi connectivity index (χ1n) is 9.39. The van der Waals surface area contributed by atoms with Crippen molar-refractivity contribution in [2.75, 3.05) is 31.1 Å². The summed E-state index contributed by atoms with van der Waals surface area (Å²) in [5.74, 6) is -0.0925. The average molecular weight is 379 g/mol. The second kappa shape index (κ2) is 8.62. The van der Waals surface area contributed by atoms with E-state index in [-0.39, 0.29) is 18.0 Å². The average Bonchev–Trinajstić information content (AvgIpc) is 3.15. The summed E-state index contributed by atoms with van der Waals surface area (Å²) in [4.78, 5) is 28.7. The monoisotopic (exact) mass is 378 g/mol. The van der Waals surface area contributed by atoms with Gasteiger partial charge in [0.25, 0.3) is 0 Å². The van der Waals surface area contributed by atoms with Crippen LogP contribution in [0.1, 0.15) is 32.6 Å². The lowest BCUT2D eigenvalue weighted by Crippen LogP contribution is -2.55. The van der Waals surface area contributed by atoms with Crippen molar-refractivity contribution in [3.63, 3.8) is 0 Å². The number of benzene rings is 1. The molecule has 1 aliphatic heterocycles. The predicted molar refractivity (Wildman–Crippen MR) is 104 cm³/mol. The lowest BCUT2D eigenvalue weighted by molar-refractivity contribution is -0.123. The number of amides is 3. The molecule has 2 N–H and O–H groups in total. The smallest absolute Gasteiger partial charge is 0.318 e. The molecule has 0 spiro atoms. The van der Waals surface area contributed by atoms with E-state index < -0.39 is 6.04 Å². The van der Waals surface area contributed by atoms with Crippen molar-refractivity contribution in [2.45, 2.75) is 44.7 Å². The van der Waals surface area contributed by atoms with Crippen LogP contribution in [0.15, 0.2) is 24.3 Å². The molecule has 0 bridgehead atoms. The molecule has 142 valence electrons. The number of piperazine rings is 1. The molecule has 3 rings (SSSR count). The lowest BCUT2D eigenvalue weighted by atomic mass is 10.2. The first-order valence-corrected chi connectivity index (χ1v) is 9.77. The highest BCUT2D eigenvalue weighted by atomic mass is 35.5. The molecule has 7 heteroatoms. The fourth-order valence-electron chi connectivity index (χ4n) is 3.56. The summed E-state index contributed by atoms with van der Waals surface area (Å²) < 4.78 is 0. The second-order valence-electron chi connectivity index (χ2n) is 7.11. The third-order valence-electron chi connectivity index (χ3n) is 5.19. The highest BCUT2D eigenvalue weighted by Gasteiger charge is 2.25. The molecule has 0 unspecified atom stereocenters. The Morgan fingerprint density at radius 3 is 2.31 bits per heavy atom. The van der Waals surface area contributed by atoms with Crippen molar-refractivity contribution in [3.8, 4) is 0 Å². The van der Waals surface area contributed by atoms with Gasteiger partial charge in [0.1, 0.15) is 6.04 Å². The number of carbonyl (C=O) groups excluding carboxylic acids is 2. The van der Waals surface area contributed by atoms with Gasteiger partial charge in [0.15, 0.2) is 0 Å². The van der Waals surface area contributed by atoms with E-state index >= 15 is 0 Å². The Morgan fingerprint density at radius 1 is 1.08 bits per heavy atom. The molecule has 6 nitrogen and oxygen atoms in total. The summed E-state index contributed by atoms with van der Waals surface area (Å²) in [6, 6.07) is 7.32. The normalized spacial score (nSPS) is 19.3.